The van der Waals surface area contributed by atoms with Crippen molar-refractivity contribution < 1.29 is 4.79 Å². The highest BCUT2D eigenvalue weighted by Crippen LogP contribution is 2.28. The standard InChI is InChI=1S/C23H27N3O/c1-24-22(15-19-16-25-21-10-6-5-9-20(19)21)23(27)26-13-11-18(12-14-26)17-7-3-2-4-8-17/h2-10,16,18,22,24-25H,11-15H2,1H3. The zero-order valence-electron chi connectivity index (χ0n) is 15.8. The number of para-hydroxylation sites is 1. The average Bonchev–Trinajstić information content (AvgIpc) is 3.15. The molecule has 4 rings (SSSR count). The quantitative estimate of drug-likeness (QED) is 0.728. The van der Waals surface area contributed by atoms with Gasteiger partial charge in [0.25, 0.3) is 0 Å². The van der Waals surface area contributed by atoms with E-state index in [0.29, 0.717) is 12.3 Å². The van der Waals surface area contributed by atoms with Crippen LogP contribution in [0.15, 0.2) is 60.8 Å². The van der Waals surface area contributed by atoms with Gasteiger partial charge in [-0.2, -0.15) is 0 Å². The molecular weight excluding hydrogens is 334 g/mol. The molecule has 2 heterocycles. The molecule has 1 unspecified atom stereocenters. The van der Waals surface area contributed by atoms with E-state index in [2.05, 4.69) is 52.8 Å². The van der Waals surface area contributed by atoms with Gasteiger partial charge in [-0.15, -0.1) is 0 Å². The third-order valence-electron chi connectivity index (χ3n) is 5.82. The van der Waals surface area contributed by atoms with Crippen LogP contribution in [0.4, 0.5) is 0 Å². The van der Waals surface area contributed by atoms with Gasteiger partial charge in [0, 0.05) is 30.2 Å². The maximum Gasteiger partial charge on any atom is 0.240 e. The third kappa shape index (κ3) is 3.76. The molecule has 0 saturated carbocycles. The van der Waals surface area contributed by atoms with E-state index in [4.69, 9.17) is 0 Å². The van der Waals surface area contributed by atoms with Crippen molar-refractivity contribution in [2.24, 2.45) is 0 Å². The number of amides is 1. The van der Waals surface area contributed by atoms with Crippen molar-refractivity contribution in [3.63, 3.8) is 0 Å². The summed E-state index contributed by atoms with van der Waals surface area (Å²) >= 11 is 0. The maximum absolute atomic E-state index is 13.1. The largest absolute Gasteiger partial charge is 0.361 e. The van der Waals surface area contributed by atoms with Crippen molar-refractivity contribution >= 4 is 16.8 Å². The van der Waals surface area contributed by atoms with Crippen LogP contribution < -0.4 is 5.32 Å². The molecule has 0 aliphatic carbocycles. The lowest BCUT2D eigenvalue weighted by molar-refractivity contribution is -0.134. The SMILES string of the molecule is CNC(Cc1c[nH]c2ccccc12)C(=O)N1CCC(c2ccccc2)CC1. The molecule has 1 aliphatic heterocycles. The van der Waals surface area contributed by atoms with Gasteiger partial charge in [-0.1, -0.05) is 48.5 Å². The smallest absolute Gasteiger partial charge is 0.240 e. The Balaban J connectivity index is 1.41. The number of hydrogen-bond acceptors (Lipinski definition) is 2. The van der Waals surface area contributed by atoms with Gasteiger partial charge in [0.05, 0.1) is 6.04 Å². The Morgan fingerprint density at radius 3 is 2.56 bits per heavy atom. The first-order chi connectivity index (χ1) is 13.3. The molecule has 1 fully saturated rings. The van der Waals surface area contributed by atoms with Gasteiger partial charge in [-0.3, -0.25) is 4.79 Å². The molecule has 1 saturated heterocycles. The zero-order valence-corrected chi connectivity index (χ0v) is 15.8. The van der Waals surface area contributed by atoms with E-state index in [0.717, 1.165) is 31.4 Å². The molecule has 1 atom stereocenters. The van der Waals surface area contributed by atoms with Crippen LogP contribution in [0, 0.1) is 0 Å². The number of likely N-dealkylation sites (N-methyl/N-ethyl adjacent to an activating group) is 1. The number of hydrogen-bond donors (Lipinski definition) is 2. The highest BCUT2D eigenvalue weighted by atomic mass is 16.2. The maximum atomic E-state index is 13.1. The zero-order chi connectivity index (χ0) is 18.6. The van der Waals surface area contributed by atoms with Gasteiger partial charge in [0.15, 0.2) is 0 Å². The summed E-state index contributed by atoms with van der Waals surface area (Å²) < 4.78 is 0. The highest BCUT2D eigenvalue weighted by molar-refractivity contribution is 5.86. The van der Waals surface area contributed by atoms with Crippen LogP contribution in [0.2, 0.25) is 0 Å². The minimum Gasteiger partial charge on any atom is -0.361 e. The summed E-state index contributed by atoms with van der Waals surface area (Å²) in [5.74, 6) is 0.784. The Hall–Kier alpha value is -2.59. The minimum atomic E-state index is -0.183. The molecule has 3 aromatic rings. The molecule has 27 heavy (non-hydrogen) atoms. The van der Waals surface area contributed by atoms with Crippen molar-refractivity contribution in [2.75, 3.05) is 20.1 Å². The number of nitrogens with one attached hydrogen (secondary N) is 2. The summed E-state index contributed by atoms with van der Waals surface area (Å²) in [4.78, 5) is 18.4. The van der Waals surface area contributed by atoms with E-state index in [9.17, 15) is 4.79 Å². The molecule has 1 aromatic heterocycles. The molecular formula is C23H27N3O. The van der Waals surface area contributed by atoms with Crippen LogP contribution in [-0.2, 0) is 11.2 Å². The lowest BCUT2D eigenvalue weighted by atomic mass is 9.89. The number of piperidine rings is 1. The normalized spacial score (nSPS) is 16.6. The van der Waals surface area contributed by atoms with E-state index >= 15 is 0 Å². The van der Waals surface area contributed by atoms with Gasteiger partial charge in [-0.05, 0) is 49.4 Å². The van der Waals surface area contributed by atoms with E-state index in [1.807, 2.05) is 30.3 Å². The third-order valence-corrected chi connectivity index (χ3v) is 5.82. The fraction of sp³-hybridized carbons (Fsp3) is 0.348. The summed E-state index contributed by atoms with van der Waals surface area (Å²) in [5.41, 5.74) is 3.71. The number of carbonyl (C=O) groups excluding carboxylic acids is 1. The topological polar surface area (TPSA) is 48.1 Å². The highest BCUT2D eigenvalue weighted by Gasteiger charge is 2.28. The van der Waals surface area contributed by atoms with Crippen molar-refractivity contribution in [3.8, 4) is 0 Å². The first-order valence-electron chi connectivity index (χ1n) is 9.82. The summed E-state index contributed by atoms with van der Waals surface area (Å²) in [6.07, 6.45) is 4.82. The van der Waals surface area contributed by atoms with Gasteiger partial charge in [0.1, 0.15) is 0 Å². The number of aromatic nitrogens is 1. The first-order valence-corrected chi connectivity index (χ1v) is 9.82. The molecule has 140 valence electrons. The number of likely N-dealkylation sites (tertiary alicyclic amines) is 1. The Labute approximate surface area is 160 Å². The Bertz CT molecular complexity index is 894. The number of carbonyl (C=O) groups is 1. The molecule has 4 nitrogen and oxygen atoms in total. The fourth-order valence-electron chi connectivity index (χ4n) is 4.21. The Kier molecular flexibility index (Phi) is 5.26. The van der Waals surface area contributed by atoms with E-state index < -0.39 is 0 Å². The van der Waals surface area contributed by atoms with Gasteiger partial charge in [-0.25, -0.2) is 0 Å². The minimum absolute atomic E-state index is 0.183. The monoisotopic (exact) mass is 361 g/mol. The van der Waals surface area contributed by atoms with Crippen molar-refractivity contribution in [1.29, 1.82) is 0 Å². The summed E-state index contributed by atoms with van der Waals surface area (Å²) in [7, 11) is 1.88. The lowest BCUT2D eigenvalue weighted by Crippen LogP contribution is -2.49. The molecule has 4 heteroatoms. The van der Waals surface area contributed by atoms with Gasteiger partial charge in [0.2, 0.25) is 5.91 Å². The van der Waals surface area contributed by atoms with Crippen LogP contribution in [0.25, 0.3) is 10.9 Å². The van der Waals surface area contributed by atoms with E-state index in [1.54, 1.807) is 0 Å². The van der Waals surface area contributed by atoms with Crippen molar-refractivity contribution in [2.45, 2.75) is 31.2 Å². The summed E-state index contributed by atoms with van der Waals surface area (Å²) in [6.45, 7) is 1.68. The van der Waals surface area contributed by atoms with E-state index in [-0.39, 0.29) is 11.9 Å². The number of benzene rings is 2. The summed E-state index contributed by atoms with van der Waals surface area (Å²) in [6, 6.07) is 18.8. The second-order valence-electron chi connectivity index (χ2n) is 7.42. The Morgan fingerprint density at radius 2 is 1.81 bits per heavy atom. The van der Waals surface area contributed by atoms with Gasteiger partial charge < -0.3 is 15.2 Å². The molecule has 2 N–H and O–H groups in total. The van der Waals surface area contributed by atoms with Gasteiger partial charge >= 0.3 is 0 Å². The molecule has 1 amide bonds. The van der Waals surface area contributed by atoms with E-state index in [1.165, 1.54) is 16.5 Å². The molecule has 0 bridgehead atoms. The predicted octanol–water partition coefficient (Wildman–Crippen LogP) is 3.70. The van der Waals surface area contributed by atoms with Crippen molar-refractivity contribution in [1.82, 2.24) is 15.2 Å². The average molecular weight is 361 g/mol. The lowest BCUT2D eigenvalue weighted by Gasteiger charge is -2.34. The molecule has 0 radical (unpaired) electrons. The van der Waals surface area contributed by atoms with Crippen LogP contribution in [-0.4, -0.2) is 42.0 Å². The first kappa shape index (κ1) is 17.8. The van der Waals surface area contributed by atoms with Crippen LogP contribution in [0.3, 0.4) is 0 Å². The van der Waals surface area contributed by atoms with Crippen LogP contribution in [0.1, 0.15) is 29.9 Å². The molecule has 1 aliphatic rings. The number of rotatable bonds is 5. The number of H-pyrrole nitrogens is 1. The second kappa shape index (κ2) is 7.97. The number of aromatic amines is 1. The number of fused-ring (bicyclic) bond motifs is 1. The predicted molar refractivity (Wildman–Crippen MR) is 110 cm³/mol. The second-order valence-corrected chi connectivity index (χ2v) is 7.42. The van der Waals surface area contributed by atoms with Crippen LogP contribution >= 0.6 is 0 Å². The summed E-state index contributed by atoms with van der Waals surface area (Å²) in [5, 5.41) is 4.44. The van der Waals surface area contributed by atoms with Crippen molar-refractivity contribution in [3.05, 3.63) is 71.9 Å². The number of nitrogens with zero attached hydrogens (tertiary/aromatic N) is 1. The fourth-order valence-corrected chi connectivity index (χ4v) is 4.21. The molecule has 0 spiro atoms. The molecule has 2 aromatic carbocycles. The Morgan fingerprint density at radius 1 is 1.11 bits per heavy atom. The van der Waals surface area contributed by atoms with Crippen LogP contribution in [0.5, 0.6) is 0 Å².